The first kappa shape index (κ1) is 21.5. The number of nitrogens with zero attached hydrogens (tertiary/aromatic N) is 2. The number of carbonyl (C=O) groups is 1. The fourth-order valence-electron chi connectivity index (χ4n) is 3.54. The van der Waals surface area contributed by atoms with Crippen LogP contribution < -0.4 is 10.0 Å². The number of anilines is 1. The van der Waals surface area contributed by atoms with E-state index in [9.17, 15) is 21.6 Å². The van der Waals surface area contributed by atoms with Crippen LogP contribution in [0.1, 0.15) is 25.3 Å². The maximum atomic E-state index is 12.7. The van der Waals surface area contributed by atoms with Gasteiger partial charge < -0.3 is 5.32 Å². The van der Waals surface area contributed by atoms with Crippen molar-refractivity contribution < 1.29 is 21.6 Å². The van der Waals surface area contributed by atoms with Crippen molar-refractivity contribution in [2.75, 3.05) is 18.4 Å². The molecule has 11 heteroatoms. The van der Waals surface area contributed by atoms with Crippen LogP contribution in [0.15, 0.2) is 63.3 Å². The van der Waals surface area contributed by atoms with E-state index in [0.717, 1.165) is 12.8 Å². The van der Waals surface area contributed by atoms with Crippen molar-refractivity contribution in [2.24, 2.45) is 4.99 Å². The summed E-state index contributed by atoms with van der Waals surface area (Å²) in [6.45, 7) is 2.51. The number of rotatable bonds is 5. The Morgan fingerprint density at radius 3 is 2.58 bits per heavy atom. The van der Waals surface area contributed by atoms with Gasteiger partial charge in [-0.1, -0.05) is 18.2 Å². The highest BCUT2D eigenvalue weighted by Crippen LogP contribution is 2.24. The summed E-state index contributed by atoms with van der Waals surface area (Å²) in [4.78, 5) is 17.1. The van der Waals surface area contributed by atoms with Crippen LogP contribution in [-0.2, 0) is 24.8 Å². The predicted molar refractivity (Wildman–Crippen MR) is 116 cm³/mol. The summed E-state index contributed by atoms with van der Waals surface area (Å²) < 4.78 is 53.7. The molecule has 0 aromatic heterocycles. The van der Waals surface area contributed by atoms with Crippen molar-refractivity contribution in [1.82, 2.24) is 9.03 Å². The first-order valence-electron chi connectivity index (χ1n) is 9.79. The molecule has 1 atom stereocenters. The molecule has 31 heavy (non-hydrogen) atoms. The topological polar surface area (TPSA) is 125 Å². The summed E-state index contributed by atoms with van der Waals surface area (Å²) in [6, 6.07) is 11.5. The monoisotopic (exact) mass is 462 g/mol. The summed E-state index contributed by atoms with van der Waals surface area (Å²) in [6.07, 6.45) is 1.67. The van der Waals surface area contributed by atoms with Gasteiger partial charge in [-0.25, -0.2) is 16.8 Å². The summed E-state index contributed by atoms with van der Waals surface area (Å²) in [5.41, 5.74) is 0.727. The Hall–Kier alpha value is -2.76. The van der Waals surface area contributed by atoms with Gasteiger partial charge in [0.25, 0.3) is 10.0 Å². The van der Waals surface area contributed by atoms with Crippen LogP contribution >= 0.6 is 0 Å². The number of benzene rings is 2. The average Bonchev–Trinajstić information content (AvgIpc) is 3.36. The molecule has 0 unspecified atom stereocenters. The van der Waals surface area contributed by atoms with E-state index in [1.165, 1.54) is 29.4 Å². The summed E-state index contributed by atoms with van der Waals surface area (Å²) in [5, 5.41) is 2.66. The maximum Gasteiger partial charge on any atom is 0.263 e. The van der Waals surface area contributed by atoms with Gasteiger partial charge in [-0.2, -0.15) is 4.31 Å². The minimum atomic E-state index is -3.70. The van der Waals surface area contributed by atoms with E-state index in [-0.39, 0.29) is 15.6 Å². The number of aliphatic imine (C=N–C) groups is 1. The molecule has 0 aliphatic carbocycles. The van der Waals surface area contributed by atoms with Gasteiger partial charge in [0.1, 0.15) is 11.9 Å². The molecular weight excluding hydrogens is 440 g/mol. The molecular formula is C20H22N4O5S2. The number of nitrogens with one attached hydrogen (secondary N) is 2. The second kappa shape index (κ2) is 8.06. The van der Waals surface area contributed by atoms with E-state index in [1.807, 2.05) is 0 Å². The van der Waals surface area contributed by atoms with Crippen molar-refractivity contribution in [3.8, 4) is 0 Å². The molecule has 1 fully saturated rings. The molecule has 1 amide bonds. The number of amides is 1. The van der Waals surface area contributed by atoms with Gasteiger partial charge in [-0.3, -0.25) is 14.5 Å². The van der Waals surface area contributed by atoms with Crippen molar-refractivity contribution >= 4 is 37.5 Å². The number of fused-ring (bicyclic) bond motifs is 1. The maximum absolute atomic E-state index is 12.7. The van der Waals surface area contributed by atoms with Crippen LogP contribution in [0.3, 0.4) is 0 Å². The first-order valence-corrected chi connectivity index (χ1v) is 12.7. The van der Waals surface area contributed by atoms with E-state index in [2.05, 4.69) is 15.0 Å². The standard InChI is InChI=1S/C20H22N4O5S2/c1-14(21-19-17-9-2-3-10-18(17)30(26,27)23-19)20(25)22-15-7-6-8-16(13-15)31(28,29)24-11-4-5-12-24/h2-3,6-10,13-14H,4-5,11-12H2,1H3,(H,21,23)(H,22,25)/t14-/m1/s1. The Bertz CT molecular complexity index is 1270. The molecule has 0 bridgehead atoms. The van der Waals surface area contributed by atoms with E-state index < -0.39 is 32.0 Å². The minimum absolute atomic E-state index is 0.101. The van der Waals surface area contributed by atoms with Crippen molar-refractivity contribution in [3.05, 3.63) is 54.1 Å². The molecule has 2 aliphatic heterocycles. The second-order valence-corrected chi connectivity index (χ2v) is 11.0. The molecule has 2 N–H and O–H groups in total. The van der Waals surface area contributed by atoms with E-state index >= 15 is 0 Å². The third-order valence-electron chi connectivity index (χ3n) is 5.17. The molecule has 0 spiro atoms. The number of hydrogen-bond donors (Lipinski definition) is 2. The molecule has 2 aromatic rings. The van der Waals surface area contributed by atoms with Crippen LogP contribution in [0.25, 0.3) is 0 Å². The van der Waals surface area contributed by atoms with Gasteiger partial charge in [0, 0.05) is 24.3 Å². The lowest BCUT2D eigenvalue weighted by atomic mass is 10.2. The van der Waals surface area contributed by atoms with E-state index in [0.29, 0.717) is 24.3 Å². The van der Waals surface area contributed by atoms with Gasteiger partial charge >= 0.3 is 0 Å². The molecule has 164 valence electrons. The van der Waals surface area contributed by atoms with Crippen LogP contribution in [0, 0.1) is 0 Å². The molecule has 2 aliphatic rings. The number of hydrogen-bond acceptors (Lipinski definition) is 6. The van der Waals surface area contributed by atoms with Gasteiger partial charge in [0.15, 0.2) is 0 Å². The zero-order valence-electron chi connectivity index (χ0n) is 16.8. The summed E-state index contributed by atoms with van der Waals surface area (Å²) in [7, 11) is -7.30. The highest BCUT2D eigenvalue weighted by atomic mass is 32.2. The largest absolute Gasteiger partial charge is 0.324 e. The average molecular weight is 463 g/mol. The lowest BCUT2D eigenvalue weighted by Crippen LogP contribution is -2.29. The Morgan fingerprint density at radius 2 is 1.84 bits per heavy atom. The molecule has 9 nitrogen and oxygen atoms in total. The van der Waals surface area contributed by atoms with Crippen molar-refractivity contribution in [2.45, 2.75) is 35.6 Å². The van der Waals surface area contributed by atoms with Crippen LogP contribution in [0.5, 0.6) is 0 Å². The Kier molecular flexibility index (Phi) is 5.58. The van der Waals surface area contributed by atoms with Crippen LogP contribution in [0.2, 0.25) is 0 Å². The molecule has 0 saturated carbocycles. The smallest absolute Gasteiger partial charge is 0.263 e. The minimum Gasteiger partial charge on any atom is -0.324 e. The summed E-state index contributed by atoms with van der Waals surface area (Å²) in [5.74, 6) is -0.393. The van der Waals surface area contributed by atoms with Crippen molar-refractivity contribution in [3.63, 3.8) is 0 Å². The first-order chi connectivity index (χ1) is 14.7. The Labute approximate surface area is 181 Å². The number of sulfonamides is 2. The highest BCUT2D eigenvalue weighted by Gasteiger charge is 2.31. The quantitative estimate of drug-likeness (QED) is 0.697. The highest BCUT2D eigenvalue weighted by molar-refractivity contribution is 7.90. The molecule has 2 heterocycles. The van der Waals surface area contributed by atoms with Gasteiger partial charge in [-0.15, -0.1) is 0 Å². The van der Waals surface area contributed by atoms with Gasteiger partial charge in [0.05, 0.1) is 9.79 Å². The third kappa shape index (κ3) is 4.21. The van der Waals surface area contributed by atoms with Crippen LogP contribution in [0.4, 0.5) is 5.69 Å². The Morgan fingerprint density at radius 1 is 1.13 bits per heavy atom. The molecule has 2 aromatic carbocycles. The zero-order valence-corrected chi connectivity index (χ0v) is 18.4. The molecule has 0 radical (unpaired) electrons. The second-order valence-electron chi connectivity index (χ2n) is 7.38. The van der Waals surface area contributed by atoms with Crippen LogP contribution in [-0.4, -0.2) is 52.0 Å². The van der Waals surface area contributed by atoms with Gasteiger partial charge in [0.2, 0.25) is 15.9 Å². The normalized spacial score (nSPS) is 20.2. The fraction of sp³-hybridized carbons (Fsp3) is 0.300. The Balaban J connectivity index is 1.52. The van der Waals surface area contributed by atoms with E-state index in [4.69, 9.17) is 0 Å². The lowest BCUT2D eigenvalue weighted by Gasteiger charge is -2.16. The predicted octanol–water partition coefficient (Wildman–Crippen LogP) is 1.54. The lowest BCUT2D eigenvalue weighted by molar-refractivity contribution is -0.117. The zero-order chi connectivity index (χ0) is 22.2. The fourth-order valence-corrected chi connectivity index (χ4v) is 6.34. The SMILES string of the molecule is C[C@@H](N=C1NS(=O)(=O)c2ccccc21)C(=O)Nc1cccc(S(=O)(=O)N2CCCC2)c1. The van der Waals surface area contributed by atoms with E-state index in [1.54, 1.807) is 30.3 Å². The third-order valence-corrected chi connectivity index (χ3v) is 8.46. The number of amidine groups is 1. The number of carbonyl (C=O) groups excluding carboxylic acids is 1. The molecule has 1 saturated heterocycles. The summed E-state index contributed by atoms with van der Waals surface area (Å²) >= 11 is 0. The molecule has 4 rings (SSSR count). The van der Waals surface area contributed by atoms with Gasteiger partial charge in [-0.05, 0) is 50.1 Å². The van der Waals surface area contributed by atoms with Crippen molar-refractivity contribution in [1.29, 1.82) is 0 Å².